The third-order valence-electron chi connectivity index (χ3n) is 3.15. The molecule has 1 N–H and O–H groups in total. The molecule has 2 aromatic rings. The van der Waals surface area contributed by atoms with E-state index in [1.807, 2.05) is 24.3 Å². The van der Waals surface area contributed by atoms with Gasteiger partial charge in [-0.05, 0) is 6.07 Å². The Kier molecular flexibility index (Phi) is 3.21. The van der Waals surface area contributed by atoms with Crippen LogP contribution in [-0.2, 0) is 6.54 Å². The number of ether oxygens (including phenoxy) is 1. The van der Waals surface area contributed by atoms with Crippen LogP contribution < -0.4 is 10.1 Å². The third kappa shape index (κ3) is 2.46. The standard InChI is InChI=1S/C14H17N3O2/c1-9(2)15-7-13-16-14(19-17-13)11-8-18-12-6-4-3-5-10(11)12/h3-6,9,11,15H,7-8H2,1-2H3. The van der Waals surface area contributed by atoms with Crippen molar-refractivity contribution in [3.05, 3.63) is 41.5 Å². The van der Waals surface area contributed by atoms with Crippen LogP contribution in [0.5, 0.6) is 5.75 Å². The highest BCUT2D eigenvalue weighted by atomic mass is 16.5. The number of fused-ring (bicyclic) bond motifs is 1. The minimum atomic E-state index is 0.0523. The lowest BCUT2D eigenvalue weighted by molar-refractivity contribution is 0.304. The van der Waals surface area contributed by atoms with E-state index in [0.717, 1.165) is 11.3 Å². The molecule has 5 nitrogen and oxygen atoms in total. The third-order valence-corrected chi connectivity index (χ3v) is 3.15. The first-order chi connectivity index (χ1) is 9.24. The van der Waals surface area contributed by atoms with Gasteiger partial charge in [0.1, 0.15) is 18.3 Å². The summed E-state index contributed by atoms with van der Waals surface area (Å²) < 4.78 is 11.0. The molecule has 1 atom stereocenters. The molecule has 0 amide bonds. The monoisotopic (exact) mass is 259 g/mol. The van der Waals surface area contributed by atoms with E-state index in [0.29, 0.717) is 30.9 Å². The van der Waals surface area contributed by atoms with E-state index in [-0.39, 0.29) is 5.92 Å². The summed E-state index contributed by atoms with van der Waals surface area (Å²) in [5, 5.41) is 7.27. The topological polar surface area (TPSA) is 60.2 Å². The molecule has 0 saturated carbocycles. The van der Waals surface area contributed by atoms with Crippen LogP contribution in [0.3, 0.4) is 0 Å². The fraction of sp³-hybridized carbons (Fsp3) is 0.429. The smallest absolute Gasteiger partial charge is 0.237 e. The molecule has 3 rings (SSSR count). The molecule has 0 saturated heterocycles. The zero-order valence-electron chi connectivity index (χ0n) is 11.1. The second-order valence-electron chi connectivity index (χ2n) is 4.99. The maximum atomic E-state index is 5.63. The molecule has 5 heteroatoms. The Labute approximate surface area is 112 Å². The lowest BCUT2D eigenvalue weighted by Crippen LogP contribution is -2.22. The van der Waals surface area contributed by atoms with Crippen LogP contribution in [0, 0.1) is 0 Å². The van der Waals surface area contributed by atoms with Crippen molar-refractivity contribution >= 4 is 0 Å². The van der Waals surface area contributed by atoms with Gasteiger partial charge < -0.3 is 14.6 Å². The lowest BCUT2D eigenvalue weighted by atomic mass is 10.0. The maximum absolute atomic E-state index is 5.63. The number of aromatic nitrogens is 2. The molecule has 1 unspecified atom stereocenters. The van der Waals surface area contributed by atoms with Gasteiger partial charge in [0.2, 0.25) is 5.89 Å². The van der Waals surface area contributed by atoms with Crippen LogP contribution >= 0.6 is 0 Å². The van der Waals surface area contributed by atoms with Gasteiger partial charge in [-0.15, -0.1) is 0 Å². The highest BCUT2D eigenvalue weighted by Crippen LogP contribution is 2.36. The summed E-state index contributed by atoms with van der Waals surface area (Å²) in [6, 6.07) is 8.37. The molecule has 2 heterocycles. The number of benzene rings is 1. The van der Waals surface area contributed by atoms with Gasteiger partial charge in [-0.2, -0.15) is 4.98 Å². The van der Waals surface area contributed by atoms with Crippen LogP contribution in [0.25, 0.3) is 0 Å². The van der Waals surface area contributed by atoms with E-state index in [4.69, 9.17) is 9.26 Å². The van der Waals surface area contributed by atoms with Crippen molar-refractivity contribution < 1.29 is 9.26 Å². The van der Waals surface area contributed by atoms with Gasteiger partial charge in [-0.25, -0.2) is 0 Å². The fourth-order valence-electron chi connectivity index (χ4n) is 2.14. The van der Waals surface area contributed by atoms with Crippen LogP contribution in [-0.4, -0.2) is 22.8 Å². The Morgan fingerprint density at radius 1 is 1.37 bits per heavy atom. The van der Waals surface area contributed by atoms with Gasteiger partial charge >= 0.3 is 0 Å². The molecule has 1 aromatic heterocycles. The summed E-state index contributed by atoms with van der Waals surface area (Å²) in [4.78, 5) is 4.44. The largest absolute Gasteiger partial charge is 0.492 e. The highest BCUT2D eigenvalue weighted by Gasteiger charge is 2.29. The number of hydrogen-bond donors (Lipinski definition) is 1. The Morgan fingerprint density at radius 2 is 2.21 bits per heavy atom. The number of nitrogens with one attached hydrogen (secondary N) is 1. The number of rotatable bonds is 4. The Hall–Kier alpha value is -1.88. The van der Waals surface area contributed by atoms with Crippen LogP contribution in [0.15, 0.2) is 28.8 Å². The van der Waals surface area contributed by atoms with Gasteiger partial charge in [0, 0.05) is 11.6 Å². The highest BCUT2D eigenvalue weighted by molar-refractivity contribution is 5.42. The van der Waals surface area contributed by atoms with E-state index in [1.165, 1.54) is 0 Å². The van der Waals surface area contributed by atoms with Crippen molar-refractivity contribution in [1.82, 2.24) is 15.5 Å². The first kappa shape index (κ1) is 12.2. The SMILES string of the molecule is CC(C)NCc1noc(C2COc3ccccc32)n1. The van der Waals surface area contributed by atoms with Crippen molar-refractivity contribution in [2.45, 2.75) is 32.4 Å². The average molecular weight is 259 g/mol. The van der Waals surface area contributed by atoms with Crippen molar-refractivity contribution in [1.29, 1.82) is 0 Å². The summed E-state index contributed by atoms with van der Waals surface area (Å²) in [5.41, 5.74) is 1.12. The quantitative estimate of drug-likeness (QED) is 0.911. The summed E-state index contributed by atoms with van der Waals surface area (Å²) >= 11 is 0. The predicted molar refractivity (Wildman–Crippen MR) is 70.1 cm³/mol. The first-order valence-corrected chi connectivity index (χ1v) is 6.51. The van der Waals surface area contributed by atoms with Crippen LogP contribution in [0.2, 0.25) is 0 Å². The summed E-state index contributed by atoms with van der Waals surface area (Å²) in [6.07, 6.45) is 0. The van der Waals surface area contributed by atoms with E-state index in [2.05, 4.69) is 29.3 Å². The summed E-state index contributed by atoms with van der Waals surface area (Å²) in [7, 11) is 0. The minimum Gasteiger partial charge on any atom is -0.492 e. The van der Waals surface area contributed by atoms with Gasteiger partial charge in [0.15, 0.2) is 5.82 Å². The maximum Gasteiger partial charge on any atom is 0.237 e. The Balaban J connectivity index is 1.77. The number of nitrogens with zero attached hydrogens (tertiary/aromatic N) is 2. The first-order valence-electron chi connectivity index (χ1n) is 6.51. The molecular formula is C14H17N3O2. The van der Waals surface area contributed by atoms with Gasteiger partial charge in [0.25, 0.3) is 0 Å². The molecule has 0 fully saturated rings. The van der Waals surface area contributed by atoms with Gasteiger partial charge in [-0.3, -0.25) is 0 Å². The zero-order valence-corrected chi connectivity index (χ0v) is 11.1. The average Bonchev–Trinajstić information content (AvgIpc) is 3.02. The summed E-state index contributed by atoms with van der Waals surface area (Å²) in [6.45, 7) is 5.36. The fourth-order valence-corrected chi connectivity index (χ4v) is 2.14. The van der Waals surface area contributed by atoms with Gasteiger partial charge in [-0.1, -0.05) is 37.2 Å². The molecule has 0 aliphatic carbocycles. The van der Waals surface area contributed by atoms with Crippen LogP contribution in [0.4, 0.5) is 0 Å². The molecule has 1 aliphatic rings. The predicted octanol–water partition coefficient (Wildman–Crippen LogP) is 2.09. The van der Waals surface area contributed by atoms with E-state index in [1.54, 1.807) is 0 Å². The lowest BCUT2D eigenvalue weighted by Gasteiger charge is -2.03. The molecule has 0 spiro atoms. The molecule has 19 heavy (non-hydrogen) atoms. The molecule has 100 valence electrons. The van der Waals surface area contributed by atoms with E-state index < -0.39 is 0 Å². The Bertz CT molecular complexity index is 565. The molecule has 0 radical (unpaired) electrons. The van der Waals surface area contributed by atoms with Crippen molar-refractivity contribution in [3.63, 3.8) is 0 Å². The molecular weight excluding hydrogens is 242 g/mol. The number of hydrogen-bond acceptors (Lipinski definition) is 5. The molecule has 1 aliphatic heterocycles. The van der Waals surface area contributed by atoms with Crippen molar-refractivity contribution in [3.8, 4) is 5.75 Å². The van der Waals surface area contributed by atoms with Crippen molar-refractivity contribution in [2.24, 2.45) is 0 Å². The summed E-state index contributed by atoms with van der Waals surface area (Å²) in [5.74, 6) is 2.28. The van der Waals surface area contributed by atoms with Gasteiger partial charge in [0.05, 0.1) is 6.54 Å². The van der Waals surface area contributed by atoms with Crippen LogP contribution in [0.1, 0.15) is 37.0 Å². The second kappa shape index (κ2) is 5.01. The normalized spacial score (nSPS) is 17.5. The second-order valence-corrected chi connectivity index (χ2v) is 4.99. The Morgan fingerprint density at radius 3 is 3.05 bits per heavy atom. The number of para-hydroxylation sites is 1. The van der Waals surface area contributed by atoms with E-state index in [9.17, 15) is 0 Å². The van der Waals surface area contributed by atoms with E-state index >= 15 is 0 Å². The molecule has 1 aromatic carbocycles. The molecule has 0 bridgehead atoms. The zero-order chi connectivity index (χ0) is 13.2. The van der Waals surface area contributed by atoms with Crippen molar-refractivity contribution in [2.75, 3.05) is 6.61 Å². The minimum absolute atomic E-state index is 0.0523.